The van der Waals surface area contributed by atoms with E-state index in [9.17, 15) is 19.2 Å². The first-order valence-electron chi connectivity index (χ1n) is 4.74. The summed E-state index contributed by atoms with van der Waals surface area (Å²) in [6.45, 7) is -0.406. The standard InChI is InChI=1S/C9H8N4O4/c14-6-2-1-5(11-12-6)9(17)13-3-7(15)10-8(16)4-13/h1-2H,3-4H2,(H,12,14)(H,10,15,16). The van der Waals surface area contributed by atoms with Gasteiger partial charge in [0.15, 0.2) is 0 Å². The Labute approximate surface area is 94.6 Å². The number of nitrogens with one attached hydrogen (secondary N) is 2. The van der Waals surface area contributed by atoms with Gasteiger partial charge in [0.1, 0.15) is 18.8 Å². The Morgan fingerprint density at radius 3 is 2.35 bits per heavy atom. The zero-order valence-corrected chi connectivity index (χ0v) is 8.60. The Bertz CT molecular complexity index is 514. The van der Waals surface area contributed by atoms with E-state index in [1.165, 1.54) is 6.07 Å². The number of piperazine rings is 1. The molecule has 0 saturated carbocycles. The van der Waals surface area contributed by atoms with E-state index in [1.54, 1.807) is 0 Å². The van der Waals surface area contributed by atoms with Gasteiger partial charge < -0.3 is 4.90 Å². The molecule has 1 saturated heterocycles. The second-order valence-corrected chi connectivity index (χ2v) is 3.44. The fraction of sp³-hybridized carbons (Fsp3) is 0.222. The van der Waals surface area contributed by atoms with Crippen LogP contribution >= 0.6 is 0 Å². The van der Waals surface area contributed by atoms with Gasteiger partial charge in [-0.1, -0.05) is 0 Å². The fourth-order valence-electron chi connectivity index (χ4n) is 1.41. The van der Waals surface area contributed by atoms with Crippen molar-refractivity contribution < 1.29 is 14.4 Å². The number of imide groups is 1. The van der Waals surface area contributed by atoms with E-state index in [-0.39, 0.29) is 18.8 Å². The second kappa shape index (κ2) is 4.16. The second-order valence-electron chi connectivity index (χ2n) is 3.44. The number of aromatic nitrogens is 2. The third-order valence-electron chi connectivity index (χ3n) is 2.13. The van der Waals surface area contributed by atoms with Crippen LogP contribution in [0.3, 0.4) is 0 Å². The number of H-pyrrole nitrogens is 1. The average molecular weight is 236 g/mol. The number of hydrogen-bond acceptors (Lipinski definition) is 5. The molecule has 2 heterocycles. The summed E-state index contributed by atoms with van der Waals surface area (Å²) in [7, 11) is 0. The van der Waals surface area contributed by atoms with Crippen LogP contribution < -0.4 is 10.9 Å². The molecule has 0 spiro atoms. The predicted octanol–water partition coefficient (Wildman–Crippen LogP) is -2.13. The fourth-order valence-corrected chi connectivity index (χ4v) is 1.41. The van der Waals surface area contributed by atoms with E-state index in [4.69, 9.17) is 0 Å². The van der Waals surface area contributed by atoms with Crippen molar-refractivity contribution in [2.75, 3.05) is 13.1 Å². The first-order valence-corrected chi connectivity index (χ1v) is 4.74. The van der Waals surface area contributed by atoms with Crippen LogP contribution in [0.5, 0.6) is 0 Å². The Hall–Kier alpha value is -2.51. The number of amides is 3. The highest BCUT2D eigenvalue weighted by molar-refractivity contribution is 6.05. The van der Waals surface area contributed by atoms with Gasteiger partial charge in [-0.05, 0) is 6.07 Å². The molecule has 8 heteroatoms. The molecule has 1 aromatic heterocycles. The number of aromatic amines is 1. The molecule has 1 fully saturated rings. The van der Waals surface area contributed by atoms with Gasteiger partial charge in [-0.25, -0.2) is 5.10 Å². The molecule has 0 unspecified atom stereocenters. The number of rotatable bonds is 1. The lowest BCUT2D eigenvalue weighted by molar-refractivity contribution is -0.135. The highest BCUT2D eigenvalue weighted by Crippen LogP contribution is 2.01. The summed E-state index contributed by atoms with van der Waals surface area (Å²) in [4.78, 5) is 45.8. The summed E-state index contributed by atoms with van der Waals surface area (Å²) in [5.74, 6) is -1.66. The number of nitrogens with zero attached hydrogens (tertiary/aromatic N) is 2. The van der Waals surface area contributed by atoms with Gasteiger partial charge in [-0.2, -0.15) is 5.10 Å². The summed E-state index contributed by atoms with van der Waals surface area (Å²) >= 11 is 0. The van der Waals surface area contributed by atoms with Crippen molar-refractivity contribution in [3.63, 3.8) is 0 Å². The van der Waals surface area contributed by atoms with Crippen LogP contribution in [0.15, 0.2) is 16.9 Å². The molecule has 2 N–H and O–H groups in total. The quantitative estimate of drug-likeness (QED) is 0.541. The van der Waals surface area contributed by atoms with E-state index >= 15 is 0 Å². The largest absolute Gasteiger partial charge is 0.319 e. The minimum absolute atomic E-state index is 0.0212. The van der Waals surface area contributed by atoms with Crippen molar-refractivity contribution in [2.24, 2.45) is 0 Å². The van der Waals surface area contributed by atoms with E-state index in [0.29, 0.717) is 0 Å². The van der Waals surface area contributed by atoms with E-state index < -0.39 is 23.3 Å². The average Bonchev–Trinajstić information content (AvgIpc) is 2.28. The van der Waals surface area contributed by atoms with Gasteiger partial charge in [0.05, 0.1) is 0 Å². The monoisotopic (exact) mass is 236 g/mol. The van der Waals surface area contributed by atoms with Crippen LogP contribution in [0.25, 0.3) is 0 Å². The Balaban J connectivity index is 2.19. The molecule has 88 valence electrons. The van der Waals surface area contributed by atoms with Gasteiger partial charge in [0, 0.05) is 6.07 Å². The maximum absolute atomic E-state index is 11.8. The van der Waals surface area contributed by atoms with E-state index in [0.717, 1.165) is 11.0 Å². The highest BCUT2D eigenvalue weighted by Gasteiger charge is 2.27. The lowest BCUT2D eigenvalue weighted by Gasteiger charge is -2.24. The summed E-state index contributed by atoms with van der Waals surface area (Å²) in [5, 5.41) is 7.71. The SMILES string of the molecule is O=C1CN(C(=O)c2ccc(=O)[nH]n2)CC(=O)N1. The molecule has 2 rings (SSSR count). The van der Waals surface area contributed by atoms with Crippen LogP contribution in [0.1, 0.15) is 10.5 Å². The van der Waals surface area contributed by atoms with Crippen LogP contribution in [-0.2, 0) is 9.59 Å². The van der Waals surface area contributed by atoms with Crippen molar-refractivity contribution in [1.29, 1.82) is 0 Å². The third-order valence-corrected chi connectivity index (χ3v) is 2.13. The number of hydrogen-bond donors (Lipinski definition) is 2. The van der Waals surface area contributed by atoms with Gasteiger partial charge in [-0.15, -0.1) is 0 Å². The molecule has 0 bridgehead atoms. The molecule has 1 aliphatic rings. The van der Waals surface area contributed by atoms with Crippen LogP contribution in [0, 0.1) is 0 Å². The molecule has 0 aromatic carbocycles. The topological polar surface area (TPSA) is 112 Å². The molecule has 1 aliphatic heterocycles. The van der Waals surface area contributed by atoms with Crippen LogP contribution in [-0.4, -0.2) is 45.9 Å². The molecule has 0 radical (unpaired) electrons. The minimum atomic E-state index is -0.579. The van der Waals surface area contributed by atoms with Crippen molar-refractivity contribution in [1.82, 2.24) is 20.4 Å². The Morgan fingerprint density at radius 1 is 1.18 bits per heavy atom. The zero-order chi connectivity index (χ0) is 12.4. The summed E-state index contributed by atoms with van der Waals surface area (Å²) in [5.41, 5.74) is -0.457. The summed E-state index contributed by atoms with van der Waals surface area (Å²) in [6.07, 6.45) is 0. The molecule has 17 heavy (non-hydrogen) atoms. The Morgan fingerprint density at radius 2 is 1.82 bits per heavy atom. The van der Waals surface area contributed by atoms with Gasteiger partial charge in [0.25, 0.3) is 11.5 Å². The smallest absolute Gasteiger partial charge is 0.275 e. The van der Waals surface area contributed by atoms with Crippen LogP contribution in [0.4, 0.5) is 0 Å². The maximum atomic E-state index is 11.8. The molecule has 0 aliphatic carbocycles. The van der Waals surface area contributed by atoms with E-state index in [1.807, 2.05) is 0 Å². The number of carbonyl (C=O) groups is 3. The first-order chi connectivity index (χ1) is 8.06. The zero-order valence-electron chi connectivity index (χ0n) is 8.60. The maximum Gasteiger partial charge on any atom is 0.275 e. The highest BCUT2D eigenvalue weighted by atomic mass is 16.2. The predicted molar refractivity (Wildman–Crippen MR) is 53.9 cm³/mol. The first kappa shape index (κ1) is 11.0. The molecular weight excluding hydrogens is 228 g/mol. The number of carbonyl (C=O) groups excluding carboxylic acids is 3. The lowest BCUT2D eigenvalue weighted by Crippen LogP contribution is -2.53. The third kappa shape index (κ3) is 2.36. The molecule has 0 atom stereocenters. The van der Waals surface area contributed by atoms with Gasteiger partial charge >= 0.3 is 0 Å². The van der Waals surface area contributed by atoms with Crippen molar-refractivity contribution in [2.45, 2.75) is 0 Å². The lowest BCUT2D eigenvalue weighted by atomic mass is 10.3. The normalized spacial score (nSPS) is 15.6. The molecule has 3 amide bonds. The van der Waals surface area contributed by atoms with Crippen molar-refractivity contribution in [3.8, 4) is 0 Å². The van der Waals surface area contributed by atoms with Crippen molar-refractivity contribution in [3.05, 3.63) is 28.2 Å². The summed E-state index contributed by atoms with van der Waals surface area (Å²) < 4.78 is 0. The van der Waals surface area contributed by atoms with Gasteiger partial charge in [0.2, 0.25) is 11.8 Å². The van der Waals surface area contributed by atoms with Gasteiger partial charge in [-0.3, -0.25) is 24.5 Å². The minimum Gasteiger partial charge on any atom is -0.319 e. The Kier molecular flexibility index (Phi) is 2.69. The van der Waals surface area contributed by atoms with E-state index in [2.05, 4.69) is 15.5 Å². The van der Waals surface area contributed by atoms with Crippen LogP contribution in [0.2, 0.25) is 0 Å². The summed E-state index contributed by atoms with van der Waals surface area (Å²) in [6, 6.07) is 2.38. The molecule has 1 aromatic rings. The van der Waals surface area contributed by atoms with Crippen molar-refractivity contribution >= 4 is 17.7 Å². The molecular formula is C9H8N4O4. The molecule has 8 nitrogen and oxygen atoms in total.